The van der Waals surface area contributed by atoms with Crippen molar-refractivity contribution >= 4 is 16.8 Å². The fourth-order valence-electron chi connectivity index (χ4n) is 4.86. The molecule has 0 spiro atoms. The fraction of sp³-hybridized carbons (Fsp3) is 0.267. The summed E-state index contributed by atoms with van der Waals surface area (Å²) in [7, 11) is 1.65. The Hall–Kier alpha value is -3.77. The van der Waals surface area contributed by atoms with Gasteiger partial charge >= 0.3 is 0 Å². The number of pyridine rings is 1. The van der Waals surface area contributed by atoms with Crippen LogP contribution in [0.5, 0.6) is 5.75 Å². The van der Waals surface area contributed by atoms with Gasteiger partial charge in [0.2, 0.25) is 5.91 Å². The highest BCUT2D eigenvalue weighted by molar-refractivity contribution is 5.94. The number of halogens is 1. The van der Waals surface area contributed by atoms with Crippen molar-refractivity contribution in [3.63, 3.8) is 0 Å². The number of methoxy groups -OCH3 is 1. The van der Waals surface area contributed by atoms with E-state index in [4.69, 9.17) is 9.47 Å². The van der Waals surface area contributed by atoms with Crippen molar-refractivity contribution in [1.29, 1.82) is 0 Å². The smallest absolute Gasteiger partial charge is 0.228 e. The summed E-state index contributed by atoms with van der Waals surface area (Å²) in [4.78, 5) is 17.9. The van der Waals surface area contributed by atoms with Crippen molar-refractivity contribution in [2.24, 2.45) is 0 Å². The van der Waals surface area contributed by atoms with Crippen molar-refractivity contribution in [1.82, 2.24) is 10.3 Å². The van der Waals surface area contributed by atoms with Crippen LogP contribution >= 0.6 is 0 Å². The Morgan fingerprint density at radius 1 is 1.08 bits per heavy atom. The molecule has 2 heterocycles. The van der Waals surface area contributed by atoms with E-state index in [0.29, 0.717) is 19.6 Å². The first-order chi connectivity index (χ1) is 17.6. The number of hydrogen-bond donors (Lipinski definition) is 1. The van der Waals surface area contributed by atoms with Crippen molar-refractivity contribution in [2.75, 3.05) is 20.3 Å². The molecule has 0 saturated carbocycles. The van der Waals surface area contributed by atoms with E-state index >= 15 is 0 Å². The van der Waals surface area contributed by atoms with Crippen LogP contribution in [0.3, 0.4) is 0 Å². The summed E-state index contributed by atoms with van der Waals surface area (Å²) in [6.45, 7) is 1.33. The van der Waals surface area contributed by atoms with Gasteiger partial charge in [-0.05, 0) is 71.8 Å². The number of benzene rings is 3. The van der Waals surface area contributed by atoms with Crippen LogP contribution in [0.2, 0.25) is 0 Å². The van der Waals surface area contributed by atoms with Crippen LogP contribution in [0.1, 0.15) is 29.9 Å². The Morgan fingerprint density at radius 2 is 1.86 bits per heavy atom. The van der Waals surface area contributed by atoms with Crippen molar-refractivity contribution in [2.45, 2.75) is 31.2 Å². The van der Waals surface area contributed by atoms with Gasteiger partial charge in [-0.15, -0.1) is 0 Å². The van der Waals surface area contributed by atoms with Gasteiger partial charge in [0.05, 0.1) is 18.5 Å². The predicted molar refractivity (Wildman–Crippen MR) is 139 cm³/mol. The molecular formula is C30H29FN2O3. The Bertz CT molecular complexity index is 1350. The van der Waals surface area contributed by atoms with Crippen molar-refractivity contribution in [3.8, 4) is 16.9 Å². The first-order valence-electron chi connectivity index (χ1n) is 12.3. The number of fused-ring (bicyclic) bond motifs is 1. The lowest BCUT2D eigenvalue weighted by atomic mass is 9.89. The van der Waals surface area contributed by atoms with Crippen molar-refractivity contribution < 1.29 is 18.7 Å². The molecule has 0 aliphatic carbocycles. The molecule has 1 aliphatic heterocycles. The van der Waals surface area contributed by atoms with Gasteiger partial charge in [-0.3, -0.25) is 9.78 Å². The average Bonchev–Trinajstić information content (AvgIpc) is 2.92. The molecule has 36 heavy (non-hydrogen) atoms. The van der Waals surface area contributed by atoms with Gasteiger partial charge in [0.1, 0.15) is 11.6 Å². The van der Waals surface area contributed by atoms with Gasteiger partial charge in [-0.25, -0.2) is 4.39 Å². The summed E-state index contributed by atoms with van der Waals surface area (Å²) >= 11 is 0. The number of para-hydroxylation sites is 1. The minimum atomic E-state index is -0.384. The highest BCUT2D eigenvalue weighted by Crippen LogP contribution is 2.32. The second-order valence-electron chi connectivity index (χ2n) is 9.11. The summed E-state index contributed by atoms with van der Waals surface area (Å²) in [6, 6.07) is 22.4. The zero-order valence-electron chi connectivity index (χ0n) is 20.2. The standard InChI is InChI=1S/C30H29FN2O3/c1-35-29-5-3-2-4-22(29)18-26(30(34)33-24-13-16-36-17-14-24)21-8-6-20(7-9-21)25-12-15-32-28-11-10-23(31)19-27(25)28/h2-12,15,19,24,26H,13-14,16-18H2,1H3,(H,33,34)/t26-/m1/s1. The zero-order valence-corrected chi connectivity index (χ0v) is 20.2. The molecule has 0 bridgehead atoms. The van der Waals surface area contributed by atoms with Crippen LogP contribution in [-0.2, 0) is 16.0 Å². The average molecular weight is 485 g/mol. The summed E-state index contributed by atoms with van der Waals surface area (Å²) in [6.07, 6.45) is 3.88. The van der Waals surface area contributed by atoms with Crippen LogP contribution < -0.4 is 10.1 Å². The number of aromatic nitrogens is 1. The van der Waals surface area contributed by atoms with E-state index in [2.05, 4.69) is 10.3 Å². The lowest BCUT2D eigenvalue weighted by Crippen LogP contribution is -2.41. The maximum absolute atomic E-state index is 14.0. The first kappa shape index (κ1) is 23.9. The number of nitrogens with zero attached hydrogens (tertiary/aromatic N) is 1. The Morgan fingerprint density at radius 3 is 2.64 bits per heavy atom. The third-order valence-electron chi connectivity index (χ3n) is 6.83. The van der Waals surface area contributed by atoms with E-state index in [9.17, 15) is 9.18 Å². The largest absolute Gasteiger partial charge is 0.496 e. The zero-order chi connectivity index (χ0) is 24.9. The molecule has 5 rings (SSSR count). The lowest BCUT2D eigenvalue weighted by Gasteiger charge is -2.26. The van der Waals surface area contributed by atoms with E-state index in [1.807, 2.05) is 54.6 Å². The van der Waals surface area contributed by atoms with Gasteiger partial charge in [-0.2, -0.15) is 0 Å². The molecule has 1 amide bonds. The number of ether oxygens (including phenoxy) is 2. The molecule has 3 aromatic carbocycles. The molecule has 1 atom stereocenters. The summed E-state index contributed by atoms with van der Waals surface area (Å²) in [5.74, 6) is 0.0834. The third-order valence-corrected chi connectivity index (χ3v) is 6.83. The SMILES string of the molecule is COc1ccccc1C[C@@H](C(=O)NC1CCOCC1)c1ccc(-c2ccnc3ccc(F)cc23)cc1. The monoisotopic (exact) mass is 484 g/mol. The molecule has 1 aromatic heterocycles. The minimum absolute atomic E-state index is 0.00279. The van der Waals surface area contributed by atoms with E-state index in [1.165, 1.54) is 12.1 Å². The molecular weight excluding hydrogens is 455 g/mol. The normalized spacial score (nSPS) is 14.9. The second-order valence-corrected chi connectivity index (χ2v) is 9.11. The lowest BCUT2D eigenvalue weighted by molar-refractivity contribution is -0.123. The Balaban J connectivity index is 1.47. The molecule has 0 radical (unpaired) electrons. The topological polar surface area (TPSA) is 60.5 Å². The van der Waals surface area contributed by atoms with E-state index < -0.39 is 0 Å². The van der Waals surface area contributed by atoms with Gasteiger partial charge in [0.15, 0.2) is 0 Å². The van der Waals surface area contributed by atoms with Gasteiger partial charge in [0, 0.05) is 30.8 Å². The maximum atomic E-state index is 14.0. The number of rotatable bonds is 7. The first-order valence-corrected chi connectivity index (χ1v) is 12.3. The van der Waals surface area contributed by atoms with E-state index in [0.717, 1.165) is 51.7 Å². The van der Waals surface area contributed by atoms with E-state index in [1.54, 1.807) is 19.4 Å². The van der Waals surface area contributed by atoms with Gasteiger partial charge in [-0.1, -0.05) is 42.5 Å². The molecule has 1 fully saturated rings. The summed E-state index contributed by atoms with van der Waals surface area (Å²) in [5, 5.41) is 4.00. The van der Waals surface area contributed by atoms with Crippen LogP contribution in [0.4, 0.5) is 4.39 Å². The number of nitrogens with one attached hydrogen (secondary N) is 1. The molecule has 5 nitrogen and oxygen atoms in total. The number of hydrogen-bond acceptors (Lipinski definition) is 4. The highest BCUT2D eigenvalue weighted by atomic mass is 19.1. The second kappa shape index (κ2) is 10.9. The number of carbonyl (C=O) groups is 1. The van der Waals surface area contributed by atoms with Crippen LogP contribution in [0, 0.1) is 5.82 Å². The summed E-state index contributed by atoms with van der Waals surface area (Å²) < 4.78 is 25.0. The number of amides is 1. The number of carbonyl (C=O) groups excluding carboxylic acids is 1. The van der Waals surface area contributed by atoms with Crippen LogP contribution in [-0.4, -0.2) is 37.3 Å². The molecule has 1 aliphatic rings. The summed E-state index contributed by atoms with van der Waals surface area (Å²) in [5.41, 5.74) is 4.48. The predicted octanol–water partition coefficient (Wildman–Crippen LogP) is 5.67. The fourth-order valence-corrected chi connectivity index (χ4v) is 4.86. The molecule has 6 heteroatoms. The molecule has 4 aromatic rings. The van der Waals surface area contributed by atoms with E-state index in [-0.39, 0.29) is 23.7 Å². The van der Waals surface area contributed by atoms with Gasteiger partial charge < -0.3 is 14.8 Å². The quantitative estimate of drug-likeness (QED) is 0.367. The molecule has 184 valence electrons. The molecule has 1 N–H and O–H groups in total. The van der Waals surface area contributed by atoms with Crippen molar-refractivity contribution in [3.05, 3.63) is 95.9 Å². The highest BCUT2D eigenvalue weighted by Gasteiger charge is 2.26. The molecule has 0 unspecified atom stereocenters. The van der Waals surface area contributed by atoms with Crippen LogP contribution in [0.15, 0.2) is 79.0 Å². The molecule has 1 saturated heterocycles. The minimum Gasteiger partial charge on any atom is -0.496 e. The third kappa shape index (κ3) is 5.24. The van der Waals surface area contributed by atoms with Gasteiger partial charge in [0.25, 0.3) is 0 Å². The Kier molecular flexibility index (Phi) is 7.23. The Labute approximate surface area is 210 Å². The van der Waals surface area contributed by atoms with Crippen LogP contribution in [0.25, 0.3) is 22.0 Å². The maximum Gasteiger partial charge on any atom is 0.228 e.